The smallest absolute Gasteiger partial charge is 0.175 e. The summed E-state index contributed by atoms with van der Waals surface area (Å²) in [6.45, 7) is 7.01. The van der Waals surface area contributed by atoms with Crippen molar-refractivity contribution in [2.24, 2.45) is 5.92 Å². The molecule has 170 valence electrons. The highest BCUT2D eigenvalue weighted by Gasteiger charge is 2.39. The van der Waals surface area contributed by atoms with E-state index in [1.807, 2.05) is 0 Å². The second-order valence-electron chi connectivity index (χ2n) is 9.27. The van der Waals surface area contributed by atoms with E-state index in [0.29, 0.717) is 18.4 Å². The molecule has 2 aliphatic rings. The van der Waals surface area contributed by atoms with Gasteiger partial charge >= 0.3 is 0 Å². The molecule has 0 fully saturated rings. The number of anilines is 1. The summed E-state index contributed by atoms with van der Waals surface area (Å²) in [5.41, 5.74) is 8.98. The van der Waals surface area contributed by atoms with Crippen molar-refractivity contribution >= 4 is 21.6 Å². The maximum absolute atomic E-state index is 6.20. The second kappa shape index (κ2) is 8.90. The zero-order valence-electron chi connectivity index (χ0n) is 19.6. The minimum absolute atomic E-state index is 0.203. The van der Waals surface area contributed by atoms with Crippen molar-refractivity contribution in [3.8, 4) is 11.5 Å². The molecule has 1 heterocycles. The van der Waals surface area contributed by atoms with Gasteiger partial charge in [-0.2, -0.15) is 0 Å². The van der Waals surface area contributed by atoms with Crippen LogP contribution in [0.25, 0.3) is 0 Å². The quantitative estimate of drug-likeness (QED) is 0.360. The number of rotatable bonds is 5. The van der Waals surface area contributed by atoms with E-state index in [-0.39, 0.29) is 6.04 Å². The second-order valence-corrected chi connectivity index (χ2v) is 10.1. The first-order valence-corrected chi connectivity index (χ1v) is 12.3. The number of hydrogen-bond donors (Lipinski definition) is 1. The maximum atomic E-state index is 6.20. The van der Waals surface area contributed by atoms with Crippen LogP contribution in [0.1, 0.15) is 51.8 Å². The molecule has 0 bridgehead atoms. The average Bonchev–Trinajstić information content (AvgIpc) is 3.30. The lowest BCUT2D eigenvalue weighted by molar-refractivity contribution is 0.282. The number of ether oxygens (including phenoxy) is 2. The zero-order valence-corrected chi connectivity index (χ0v) is 21.2. The number of methoxy groups -OCH3 is 1. The molecular weight excluding hydrogens is 474 g/mol. The molecule has 0 aromatic heterocycles. The Balaban J connectivity index is 1.47. The van der Waals surface area contributed by atoms with Crippen LogP contribution in [0.5, 0.6) is 11.5 Å². The fourth-order valence-corrected chi connectivity index (χ4v) is 5.85. The third-order valence-electron chi connectivity index (χ3n) is 7.06. The molecule has 33 heavy (non-hydrogen) atoms. The molecule has 1 aliphatic carbocycles. The number of benzene rings is 3. The molecule has 3 nitrogen and oxygen atoms in total. The van der Waals surface area contributed by atoms with Gasteiger partial charge in [-0.3, -0.25) is 0 Å². The first-order valence-electron chi connectivity index (χ1n) is 11.6. The molecule has 5 rings (SSSR count). The Hall–Kier alpha value is -2.72. The predicted molar refractivity (Wildman–Crippen MR) is 138 cm³/mol. The summed E-state index contributed by atoms with van der Waals surface area (Å²) in [6, 6.07) is 17.4. The molecule has 4 heteroatoms. The lowest BCUT2D eigenvalue weighted by Gasteiger charge is -2.39. The third-order valence-corrected chi connectivity index (χ3v) is 7.65. The van der Waals surface area contributed by atoms with Gasteiger partial charge in [0.15, 0.2) is 11.5 Å². The Kier molecular flexibility index (Phi) is 5.96. The standard InChI is InChI=1S/C29H30BrNO2/c1-17-8-12-20(13-9-17)16-33-29-24(30)14-21(15-25(29)32-4)28-23-7-5-6-22(23)26-18(2)10-11-19(3)27(26)31-28/h5-6,8-15,22-23,28,31H,7,16H2,1-4H3/t22-,23+,28+/m1/s1. The zero-order chi connectivity index (χ0) is 23.1. The third kappa shape index (κ3) is 4.06. The van der Waals surface area contributed by atoms with Gasteiger partial charge in [0.05, 0.1) is 17.6 Å². The molecule has 0 saturated carbocycles. The SMILES string of the molecule is COc1cc([C@@H]2Nc3c(C)ccc(C)c3[C@@H]3C=CC[C@@H]32)cc(Br)c1OCc1ccc(C)cc1. The highest BCUT2D eigenvalue weighted by Crippen LogP contribution is 2.53. The molecule has 0 radical (unpaired) electrons. The van der Waals surface area contributed by atoms with Crippen molar-refractivity contribution in [1.82, 2.24) is 0 Å². The minimum Gasteiger partial charge on any atom is -0.493 e. The van der Waals surface area contributed by atoms with Crippen LogP contribution in [0, 0.1) is 26.7 Å². The van der Waals surface area contributed by atoms with Crippen LogP contribution >= 0.6 is 15.9 Å². The summed E-state index contributed by atoms with van der Waals surface area (Å²) in [4.78, 5) is 0. The van der Waals surface area contributed by atoms with Crippen LogP contribution in [0.15, 0.2) is 65.2 Å². The highest BCUT2D eigenvalue weighted by atomic mass is 79.9. The summed E-state index contributed by atoms with van der Waals surface area (Å²) in [6.07, 6.45) is 5.81. The Morgan fingerprint density at radius 2 is 1.76 bits per heavy atom. The summed E-state index contributed by atoms with van der Waals surface area (Å²) in [5.74, 6) is 2.41. The molecular formula is C29H30BrNO2. The topological polar surface area (TPSA) is 30.5 Å². The molecule has 3 aromatic carbocycles. The van der Waals surface area contributed by atoms with Crippen LogP contribution in [0.2, 0.25) is 0 Å². The summed E-state index contributed by atoms with van der Waals surface area (Å²) in [7, 11) is 1.71. The van der Waals surface area contributed by atoms with Gasteiger partial charge in [0.2, 0.25) is 0 Å². The van der Waals surface area contributed by atoms with Crippen molar-refractivity contribution in [3.05, 3.63) is 98.5 Å². The van der Waals surface area contributed by atoms with Crippen LogP contribution in [-0.2, 0) is 6.61 Å². The molecule has 0 spiro atoms. The van der Waals surface area contributed by atoms with E-state index in [1.54, 1.807) is 7.11 Å². The Labute approximate surface area is 205 Å². The molecule has 0 amide bonds. The van der Waals surface area contributed by atoms with Crippen molar-refractivity contribution in [2.45, 2.75) is 45.8 Å². The first kappa shape index (κ1) is 22.1. The fraction of sp³-hybridized carbons (Fsp3) is 0.310. The van der Waals surface area contributed by atoms with Gasteiger partial charge in [0, 0.05) is 11.6 Å². The Morgan fingerprint density at radius 3 is 2.52 bits per heavy atom. The molecule has 0 saturated heterocycles. The van der Waals surface area contributed by atoms with Crippen molar-refractivity contribution < 1.29 is 9.47 Å². The van der Waals surface area contributed by atoms with E-state index in [4.69, 9.17) is 9.47 Å². The van der Waals surface area contributed by atoms with Gasteiger partial charge < -0.3 is 14.8 Å². The summed E-state index contributed by atoms with van der Waals surface area (Å²) >= 11 is 3.77. The molecule has 0 unspecified atom stereocenters. The largest absolute Gasteiger partial charge is 0.493 e. The normalized spacial score (nSPS) is 20.7. The van der Waals surface area contributed by atoms with E-state index in [9.17, 15) is 0 Å². The monoisotopic (exact) mass is 503 g/mol. The summed E-state index contributed by atoms with van der Waals surface area (Å²) < 4.78 is 12.9. The maximum Gasteiger partial charge on any atom is 0.175 e. The average molecular weight is 504 g/mol. The fourth-order valence-electron chi connectivity index (χ4n) is 5.27. The summed E-state index contributed by atoms with van der Waals surface area (Å²) in [5, 5.41) is 3.90. The van der Waals surface area contributed by atoms with Crippen LogP contribution in [0.3, 0.4) is 0 Å². The van der Waals surface area contributed by atoms with Crippen molar-refractivity contribution in [2.75, 3.05) is 12.4 Å². The highest BCUT2D eigenvalue weighted by molar-refractivity contribution is 9.10. The number of hydrogen-bond acceptors (Lipinski definition) is 3. The van der Waals surface area contributed by atoms with Crippen LogP contribution < -0.4 is 14.8 Å². The van der Waals surface area contributed by atoms with Crippen LogP contribution in [-0.4, -0.2) is 7.11 Å². The number of fused-ring (bicyclic) bond motifs is 3. The number of nitrogens with one attached hydrogen (secondary N) is 1. The predicted octanol–water partition coefficient (Wildman–Crippen LogP) is 7.79. The molecule has 1 aliphatic heterocycles. The number of allylic oxidation sites excluding steroid dienone is 2. The van der Waals surface area contributed by atoms with E-state index in [2.05, 4.69) is 103 Å². The van der Waals surface area contributed by atoms with E-state index in [0.717, 1.165) is 28.0 Å². The van der Waals surface area contributed by atoms with E-state index in [1.165, 1.54) is 33.5 Å². The van der Waals surface area contributed by atoms with Crippen molar-refractivity contribution in [1.29, 1.82) is 0 Å². The molecule has 3 atom stereocenters. The lowest BCUT2D eigenvalue weighted by Crippen LogP contribution is -2.30. The minimum atomic E-state index is 0.203. The Morgan fingerprint density at radius 1 is 1.00 bits per heavy atom. The van der Waals surface area contributed by atoms with Crippen LogP contribution in [0.4, 0.5) is 5.69 Å². The molecule has 3 aromatic rings. The van der Waals surface area contributed by atoms with Gasteiger partial charge in [-0.05, 0) is 89.0 Å². The van der Waals surface area contributed by atoms with Gasteiger partial charge in [-0.15, -0.1) is 0 Å². The molecule has 1 N–H and O–H groups in total. The Bertz CT molecular complexity index is 1220. The first-order chi connectivity index (χ1) is 16.0. The lowest BCUT2D eigenvalue weighted by atomic mass is 9.75. The van der Waals surface area contributed by atoms with Gasteiger partial charge in [0.25, 0.3) is 0 Å². The number of aryl methyl sites for hydroxylation is 3. The van der Waals surface area contributed by atoms with Gasteiger partial charge in [-0.25, -0.2) is 0 Å². The van der Waals surface area contributed by atoms with Crippen molar-refractivity contribution in [3.63, 3.8) is 0 Å². The van der Waals surface area contributed by atoms with Gasteiger partial charge in [0.1, 0.15) is 6.61 Å². The van der Waals surface area contributed by atoms with E-state index >= 15 is 0 Å². The van der Waals surface area contributed by atoms with E-state index < -0.39 is 0 Å². The van der Waals surface area contributed by atoms with Gasteiger partial charge in [-0.1, -0.05) is 54.1 Å². The number of halogens is 1.